The Balaban J connectivity index is 0.000000422. The standard InChI is InChI=1S/C13H15N3S.H2O4S/c14-7-8-17-13(15)16-12-6-5-10-3-1-2-4-11(10)9-12;1-5(2,3)4/h1-6,9H,7-8,14H2,(H2,15,16);(H2,1,2,3,4). The van der Waals surface area contributed by atoms with Crippen LogP contribution in [-0.2, 0) is 10.4 Å². The predicted octanol–water partition coefficient (Wildman–Crippen LogP) is -0.437. The summed E-state index contributed by atoms with van der Waals surface area (Å²) < 4.78 is 32.8. The molecule has 0 amide bonds. The van der Waals surface area contributed by atoms with Crippen LogP contribution >= 0.6 is 11.8 Å². The number of fused-ring (bicyclic) bond motifs is 1. The summed E-state index contributed by atoms with van der Waals surface area (Å²) in [5.74, 6) is 0.826. The third-order valence-corrected chi connectivity index (χ3v) is 3.25. The van der Waals surface area contributed by atoms with Crippen LogP contribution in [0.1, 0.15) is 0 Å². The van der Waals surface area contributed by atoms with Gasteiger partial charge in [0.2, 0.25) is 10.4 Å². The summed E-state index contributed by atoms with van der Waals surface area (Å²) >= 11 is 1.53. The smallest absolute Gasteiger partial charge is 0.307 e. The van der Waals surface area contributed by atoms with Crippen LogP contribution in [-0.4, -0.2) is 35.0 Å². The van der Waals surface area contributed by atoms with Crippen LogP contribution in [0.2, 0.25) is 0 Å². The third kappa shape index (κ3) is 7.96. The molecule has 0 saturated carbocycles. The fourth-order valence-corrected chi connectivity index (χ4v) is 2.14. The minimum atomic E-state index is -4.92. The zero-order chi connectivity index (χ0) is 16.6. The van der Waals surface area contributed by atoms with Crippen LogP contribution < -0.4 is 16.5 Å². The van der Waals surface area contributed by atoms with Gasteiger partial charge in [0.1, 0.15) is 5.69 Å². The van der Waals surface area contributed by atoms with E-state index in [1.165, 1.54) is 22.5 Å². The first-order valence-electron chi connectivity index (χ1n) is 6.19. The van der Waals surface area contributed by atoms with Crippen molar-refractivity contribution in [2.45, 2.75) is 0 Å². The molecule has 2 aromatic carbocycles. The first-order chi connectivity index (χ1) is 10.3. The van der Waals surface area contributed by atoms with Crippen LogP contribution in [0.4, 0.5) is 5.69 Å². The predicted molar refractivity (Wildman–Crippen MR) is 87.6 cm³/mol. The molecule has 0 aromatic heterocycles. The molecule has 2 aromatic rings. The number of hydrogen-bond acceptors (Lipinski definition) is 5. The molecular weight excluding hydrogens is 326 g/mol. The molecule has 0 saturated heterocycles. The van der Waals surface area contributed by atoms with E-state index in [0.29, 0.717) is 11.7 Å². The van der Waals surface area contributed by atoms with Gasteiger partial charge in [-0.3, -0.25) is 10.3 Å². The van der Waals surface area contributed by atoms with Crippen molar-refractivity contribution in [3.63, 3.8) is 0 Å². The Kier molecular flexibility index (Phi) is 7.28. The topological polar surface area (TPSA) is 143 Å². The van der Waals surface area contributed by atoms with Crippen LogP contribution in [0.25, 0.3) is 10.8 Å². The van der Waals surface area contributed by atoms with E-state index in [4.69, 9.17) is 29.0 Å². The minimum Gasteiger partial charge on any atom is -0.726 e. The molecule has 6 N–H and O–H groups in total. The van der Waals surface area contributed by atoms with E-state index in [1.54, 1.807) is 0 Å². The zero-order valence-corrected chi connectivity index (χ0v) is 13.2. The van der Waals surface area contributed by atoms with Crippen molar-refractivity contribution in [3.05, 3.63) is 42.5 Å². The van der Waals surface area contributed by atoms with Crippen LogP contribution in [0, 0.1) is 0 Å². The van der Waals surface area contributed by atoms with Crippen molar-refractivity contribution in [1.82, 2.24) is 0 Å². The highest BCUT2D eigenvalue weighted by molar-refractivity contribution is 8.13. The number of benzene rings is 2. The molecule has 7 nitrogen and oxygen atoms in total. The molecule has 2 rings (SSSR count). The van der Waals surface area contributed by atoms with Gasteiger partial charge in [0.25, 0.3) is 0 Å². The molecule has 9 heteroatoms. The normalized spacial score (nSPS) is 11.9. The van der Waals surface area contributed by atoms with E-state index in [9.17, 15) is 0 Å². The Bertz CT molecular complexity index is 740. The number of nitrogens with two attached hydrogens (primary N) is 2. The van der Waals surface area contributed by atoms with Gasteiger partial charge in [-0.15, -0.1) is 0 Å². The average molecular weight is 343 g/mol. The maximum absolute atomic E-state index is 8.63. The van der Waals surface area contributed by atoms with E-state index in [1.807, 2.05) is 18.2 Å². The Morgan fingerprint density at radius 3 is 2.41 bits per heavy atom. The number of amidine groups is 1. The van der Waals surface area contributed by atoms with E-state index < -0.39 is 10.4 Å². The molecular formula is C13H17N3O4S2. The van der Waals surface area contributed by atoms with Gasteiger partial charge in [-0.2, -0.15) is 0 Å². The maximum atomic E-state index is 8.63. The second-order valence-electron chi connectivity index (χ2n) is 4.12. The van der Waals surface area contributed by atoms with Gasteiger partial charge in [0.05, 0.1) is 0 Å². The molecule has 0 spiro atoms. The molecule has 0 bridgehead atoms. The van der Waals surface area contributed by atoms with Crippen molar-refractivity contribution >= 4 is 43.8 Å². The molecule has 0 radical (unpaired) electrons. The average Bonchev–Trinajstić information content (AvgIpc) is 2.43. The van der Waals surface area contributed by atoms with Gasteiger partial charge in [-0.05, 0) is 34.7 Å². The summed E-state index contributed by atoms with van der Waals surface area (Å²) in [4.78, 5) is 3.17. The lowest BCUT2D eigenvalue weighted by atomic mass is 10.1. The fraction of sp³-hybridized carbons (Fsp3) is 0.154. The minimum absolute atomic E-state index is 0.630. The first-order valence-corrected chi connectivity index (χ1v) is 8.54. The molecule has 0 aliphatic carbocycles. The van der Waals surface area contributed by atoms with Gasteiger partial charge in [-0.1, -0.05) is 30.3 Å². The van der Waals surface area contributed by atoms with Crippen LogP contribution in [0.5, 0.6) is 0 Å². The second-order valence-corrected chi connectivity index (χ2v) is 6.11. The van der Waals surface area contributed by atoms with Crippen molar-refractivity contribution < 1.29 is 22.5 Å². The molecule has 0 unspecified atom stereocenters. The molecule has 0 heterocycles. The van der Waals surface area contributed by atoms with E-state index in [0.717, 1.165) is 11.4 Å². The Morgan fingerprint density at radius 2 is 1.82 bits per heavy atom. The summed E-state index contributed by atoms with van der Waals surface area (Å²) in [5, 5.41) is 3.12. The lowest BCUT2D eigenvalue weighted by Gasteiger charge is -1.98. The molecule has 0 atom stereocenters. The first kappa shape index (κ1) is 18.4. The van der Waals surface area contributed by atoms with Crippen molar-refractivity contribution in [2.75, 3.05) is 12.3 Å². The number of hydrogen-bond donors (Lipinski definition) is 4. The zero-order valence-electron chi connectivity index (χ0n) is 11.6. The summed E-state index contributed by atoms with van der Waals surface area (Å²) in [6.45, 7) is 0.630. The summed E-state index contributed by atoms with van der Waals surface area (Å²) in [5.41, 5.74) is 12.3. The monoisotopic (exact) mass is 343 g/mol. The highest BCUT2D eigenvalue weighted by atomic mass is 32.3. The van der Waals surface area contributed by atoms with E-state index >= 15 is 0 Å². The molecule has 0 aliphatic rings. The highest BCUT2D eigenvalue weighted by Gasteiger charge is 2.01. The highest BCUT2D eigenvalue weighted by Crippen LogP contribution is 2.15. The number of rotatable bonds is 3. The van der Waals surface area contributed by atoms with Crippen molar-refractivity contribution in [2.24, 2.45) is 11.5 Å². The van der Waals surface area contributed by atoms with Gasteiger partial charge in [0, 0.05) is 12.3 Å². The van der Waals surface area contributed by atoms with Gasteiger partial charge in [0.15, 0.2) is 0 Å². The van der Waals surface area contributed by atoms with Gasteiger partial charge < -0.3 is 10.3 Å². The lowest BCUT2D eigenvalue weighted by Crippen LogP contribution is -2.68. The second kappa shape index (κ2) is 8.71. The molecule has 22 heavy (non-hydrogen) atoms. The third-order valence-electron chi connectivity index (χ3n) is 2.39. The molecule has 0 fully saturated rings. The summed E-state index contributed by atoms with van der Waals surface area (Å²) in [7, 11) is -4.92. The van der Waals surface area contributed by atoms with Gasteiger partial charge >= 0.3 is 5.17 Å². The van der Waals surface area contributed by atoms with Crippen molar-refractivity contribution in [3.8, 4) is 0 Å². The summed E-state index contributed by atoms with van der Waals surface area (Å²) in [6.07, 6.45) is 0. The SMILES string of the molecule is NCCSC(N)=[NH+]c1ccc2ccccc2c1.O=S(=O)([O-])O. The largest absolute Gasteiger partial charge is 0.726 e. The van der Waals surface area contributed by atoms with Crippen molar-refractivity contribution in [1.29, 1.82) is 0 Å². The van der Waals surface area contributed by atoms with Crippen LogP contribution in [0.3, 0.4) is 0 Å². The molecule has 0 aliphatic heterocycles. The van der Waals surface area contributed by atoms with E-state index in [2.05, 4.69) is 29.3 Å². The number of nitrogens with one attached hydrogen (secondary N) is 1. The quantitative estimate of drug-likeness (QED) is 0.256. The Morgan fingerprint density at radius 1 is 1.23 bits per heavy atom. The number of thioether (sulfide) groups is 1. The molecule has 120 valence electrons. The van der Waals surface area contributed by atoms with E-state index in [-0.39, 0.29) is 0 Å². The Hall–Kier alpha value is -1.65. The lowest BCUT2D eigenvalue weighted by molar-refractivity contribution is -0.350. The van der Waals surface area contributed by atoms with Crippen LogP contribution in [0.15, 0.2) is 42.5 Å². The summed E-state index contributed by atoms with van der Waals surface area (Å²) in [6, 6.07) is 14.4. The Labute approximate surface area is 133 Å². The fourth-order valence-electron chi connectivity index (χ4n) is 1.61. The maximum Gasteiger partial charge on any atom is 0.307 e. The van der Waals surface area contributed by atoms with Gasteiger partial charge in [-0.25, -0.2) is 13.4 Å².